The Morgan fingerprint density at radius 1 is 1.03 bits per heavy atom. The molecule has 1 unspecified atom stereocenters. The number of carbonyl (C=O) groups excluding carboxylic acids is 1. The zero-order valence-electron chi connectivity index (χ0n) is 18.5. The van der Waals surface area contributed by atoms with Crippen LogP contribution in [0.5, 0.6) is 0 Å². The molecule has 8 nitrogen and oxygen atoms in total. The smallest absolute Gasteiger partial charge is 0.225 e. The second kappa shape index (κ2) is 9.85. The molecule has 0 radical (unpaired) electrons. The maximum Gasteiger partial charge on any atom is 0.225 e. The van der Waals surface area contributed by atoms with Crippen LogP contribution < -0.4 is 15.1 Å². The maximum absolute atomic E-state index is 12.9. The Labute approximate surface area is 190 Å². The molecule has 0 aliphatic carbocycles. The highest BCUT2D eigenvalue weighted by molar-refractivity contribution is 7.91. The van der Waals surface area contributed by atoms with Gasteiger partial charge in [0.1, 0.15) is 0 Å². The SMILES string of the molecule is CCS(=O)(=O)c1ccc(N2CCC(NC(=O)C3CCCN(c4ncccn4)C3)CC2)cc1. The Morgan fingerprint density at radius 3 is 2.38 bits per heavy atom. The van der Waals surface area contributed by atoms with Crippen molar-refractivity contribution in [2.24, 2.45) is 5.92 Å². The molecule has 1 N–H and O–H groups in total. The second-order valence-corrected chi connectivity index (χ2v) is 10.8. The van der Waals surface area contributed by atoms with Crippen molar-refractivity contribution in [3.8, 4) is 0 Å². The molecule has 1 amide bonds. The van der Waals surface area contributed by atoms with Gasteiger partial charge in [-0.2, -0.15) is 0 Å². The van der Waals surface area contributed by atoms with Gasteiger partial charge in [-0.15, -0.1) is 0 Å². The van der Waals surface area contributed by atoms with Crippen molar-refractivity contribution in [2.45, 2.75) is 43.5 Å². The first-order chi connectivity index (χ1) is 15.5. The highest BCUT2D eigenvalue weighted by Gasteiger charge is 2.29. The van der Waals surface area contributed by atoms with Crippen molar-refractivity contribution in [3.63, 3.8) is 0 Å². The summed E-state index contributed by atoms with van der Waals surface area (Å²) in [7, 11) is -3.18. The van der Waals surface area contributed by atoms with Crippen molar-refractivity contribution >= 4 is 27.4 Å². The molecule has 0 spiro atoms. The molecule has 9 heteroatoms. The molecule has 1 aromatic carbocycles. The topological polar surface area (TPSA) is 95.5 Å². The largest absolute Gasteiger partial charge is 0.371 e. The minimum absolute atomic E-state index is 0.0429. The van der Waals surface area contributed by atoms with Crippen LogP contribution in [0.15, 0.2) is 47.6 Å². The van der Waals surface area contributed by atoms with Crippen LogP contribution >= 0.6 is 0 Å². The first kappa shape index (κ1) is 22.5. The van der Waals surface area contributed by atoms with Gasteiger partial charge >= 0.3 is 0 Å². The van der Waals surface area contributed by atoms with Gasteiger partial charge in [0.05, 0.1) is 16.6 Å². The third-order valence-electron chi connectivity index (χ3n) is 6.41. The van der Waals surface area contributed by atoms with Crippen LogP contribution in [0.4, 0.5) is 11.6 Å². The average Bonchev–Trinajstić information content (AvgIpc) is 2.85. The molecular formula is C23H31N5O3S. The standard InChI is InChI=1S/C23H31N5O3S/c1-2-32(30,31)21-8-6-20(7-9-21)27-15-10-19(11-16-27)26-22(29)18-5-3-14-28(17-18)23-24-12-4-13-25-23/h4,6-9,12-13,18-19H,2-3,5,10-11,14-17H2,1H3,(H,26,29). The quantitative estimate of drug-likeness (QED) is 0.711. The molecule has 0 bridgehead atoms. The number of nitrogens with one attached hydrogen (secondary N) is 1. The molecule has 0 saturated carbocycles. The number of nitrogens with zero attached hydrogens (tertiary/aromatic N) is 4. The van der Waals surface area contributed by atoms with Crippen molar-refractivity contribution in [1.29, 1.82) is 0 Å². The van der Waals surface area contributed by atoms with E-state index in [2.05, 4.69) is 25.1 Å². The van der Waals surface area contributed by atoms with Crippen LogP contribution in [0.3, 0.4) is 0 Å². The fourth-order valence-electron chi connectivity index (χ4n) is 4.46. The lowest BCUT2D eigenvalue weighted by Crippen LogP contribution is -2.49. The number of hydrogen-bond acceptors (Lipinski definition) is 7. The summed E-state index contributed by atoms with van der Waals surface area (Å²) in [5.74, 6) is 0.877. The number of anilines is 2. The Hall–Kier alpha value is -2.68. The number of amides is 1. The molecule has 4 rings (SSSR count). The molecule has 3 heterocycles. The summed E-state index contributed by atoms with van der Waals surface area (Å²) in [6, 6.07) is 9.10. The van der Waals surface area contributed by atoms with Crippen molar-refractivity contribution < 1.29 is 13.2 Å². The van der Waals surface area contributed by atoms with E-state index in [1.165, 1.54) is 0 Å². The second-order valence-electron chi connectivity index (χ2n) is 8.50. The summed E-state index contributed by atoms with van der Waals surface area (Å²) in [5.41, 5.74) is 1.02. The highest BCUT2D eigenvalue weighted by atomic mass is 32.2. The number of rotatable bonds is 6. The lowest BCUT2D eigenvalue weighted by Gasteiger charge is -2.36. The van der Waals surface area contributed by atoms with Crippen molar-refractivity contribution in [2.75, 3.05) is 41.7 Å². The van der Waals surface area contributed by atoms with E-state index < -0.39 is 9.84 Å². The third-order valence-corrected chi connectivity index (χ3v) is 8.16. The van der Waals surface area contributed by atoms with Gasteiger partial charge in [-0.3, -0.25) is 4.79 Å². The molecule has 1 atom stereocenters. The normalized spacial score (nSPS) is 20.2. The summed E-state index contributed by atoms with van der Waals surface area (Å²) < 4.78 is 24.0. The third kappa shape index (κ3) is 5.20. The Bertz CT molecular complexity index is 1010. The van der Waals surface area contributed by atoms with Gasteiger partial charge in [-0.05, 0) is 56.0 Å². The zero-order valence-corrected chi connectivity index (χ0v) is 19.3. The van der Waals surface area contributed by atoms with Crippen LogP contribution in [-0.4, -0.2) is 62.3 Å². The Morgan fingerprint density at radius 2 is 1.72 bits per heavy atom. The van der Waals surface area contributed by atoms with E-state index in [4.69, 9.17) is 0 Å². The number of carbonyl (C=O) groups is 1. The highest BCUT2D eigenvalue weighted by Crippen LogP contribution is 2.24. The first-order valence-corrected chi connectivity index (χ1v) is 13.0. The van der Waals surface area contributed by atoms with Crippen LogP contribution in [-0.2, 0) is 14.6 Å². The van der Waals surface area contributed by atoms with Crippen LogP contribution in [0.1, 0.15) is 32.6 Å². The van der Waals surface area contributed by atoms with Crippen LogP contribution in [0.2, 0.25) is 0 Å². The van der Waals surface area contributed by atoms with Gasteiger partial charge in [0, 0.05) is 50.3 Å². The molecule has 1 aromatic heterocycles. The predicted octanol–water partition coefficient (Wildman–Crippen LogP) is 2.27. The van der Waals surface area contributed by atoms with Gasteiger partial charge in [0.25, 0.3) is 0 Å². The number of hydrogen-bond donors (Lipinski definition) is 1. The molecule has 32 heavy (non-hydrogen) atoms. The fourth-order valence-corrected chi connectivity index (χ4v) is 5.34. The van der Waals surface area contributed by atoms with E-state index >= 15 is 0 Å². The summed E-state index contributed by atoms with van der Waals surface area (Å²) in [6.07, 6.45) is 7.06. The average molecular weight is 458 g/mol. The molecule has 2 saturated heterocycles. The number of piperidine rings is 2. The first-order valence-electron chi connectivity index (χ1n) is 11.4. The molecule has 2 aromatic rings. The van der Waals surface area contributed by atoms with Crippen LogP contribution in [0.25, 0.3) is 0 Å². The van der Waals surface area contributed by atoms with Gasteiger partial charge < -0.3 is 15.1 Å². The molecule has 2 fully saturated rings. The van der Waals surface area contributed by atoms with E-state index in [0.29, 0.717) is 17.4 Å². The number of aromatic nitrogens is 2. The minimum atomic E-state index is -3.18. The van der Waals surface area contributed by atoms with Gasteiger partial charge in [0.15, 0.2) is 9.84 Å². The van der Waals surface area contributed by atoms with Gasteiger partial charge in [-0.1, -0.05) is 6.92 Å². The number of benzene rings is 1. The van der Waals surface area contributed by atoms with E-state index in [9.17, 15) is 13.2 Å². The predicted molar refractivity (Wildman–Crippen MR) is 125 cm³/mol. The molecule has 172 valence electrons. The van der Waals surface area contributed by atoms with E-state index in [0.717, 1.165) is 51.0 Å². The minimum Gasteiger partial charge on any atom is -0.371 e. The van der Waals surface area contributed by atoms with Crippen molar-refractivity contribution in [1.82, 2.24) is 15.3 Å². The maximum atomic E-state index is 12.9. The monoisotopic (exact) mass is 457 g/mol. The molecule has 2 aliphatic rings. The zero-order chi connectivity index (χ0) is 22.6. The number of sulfone groups is 1. The van der Waals surface area contributed by atoms with E-state index in [-0.39, 0.29) is 23.6 Å². The van der Waals surface area contributed by atoms with Crippen molar-refractivity contribution in [3.05, 3.63) is 42.7 Å². The molecule has 2 aliphatic heterocycles. The van der Waals surface area contributed by atoms with E-state index in [1.807, 2.05) is 12.1 Å². The lowest BCUT2D eigenvalue weighted by atomic mass is 9.96. The van der Waals surface area contributed by atoms with E-state index in [1.54, 1.807) is 37.5 Å². The Balaban J connectivity index is 1.28. The Kier molecular flexibility index (Phi) is 6.93. The summed E-state index contributed by atoms with van der Waals surface area (Å²) >= 11 is 0. The molecular weight excluding hydrogens is 426 g/mol. The van der Waals surface area contributed by atoms with Crippen LogP contribution in [0, 0.1) is 5.92 Å². The summed E-state index contributed by atoms with van der Waals surface area (Å²) in [4.78, 5) is 26.3. The van der Waals surface area contributed by atoms with Gasteiger partial charge in [-0.25, -0.2) is 18.4 Å². The van der Waals surface area contributed by atoms with Gasteiger partial charge in [0.2, 0.25) is 11.9 Å². The summed E-state index contributed by atoms with van der Waals surface area (Å²) in [5, 5.41) is 3.26. The fraction of sp³-hybridized carbons (Fsp3) is 0.522. The summed E-state index contributed by atoms with van der Waals surface area (Å²) in [6.45, 7) is 4.85. The lowest BCUT2D eigenvalue weighted by molar-refractivity contribution is -0.126.